The maximum absolute atomic E-state index is 12.7. The topological polar surface area (TPSA) is 81.7 Å². The molecule has 2 heterocycles. The van der Waals surface area contributed by atoms with Crippen LogP contribution in [0.3, 0.4) is 0 Å². The molecule has 0 unspecified atom stereocenters. The number of piperazine rings is 1. The van der Waals surface area contributed by atoms with E-state index in [-0.39, 0.29) is 11.8 Å². The van der Waals surface area contributed by atoms with Crippen molar-refractivity contribution in [2.75, 3.05) is 55.4 Å². The molecule has 1 saturated heterocycles. The molecule has 28 heavy (non-hydrogen) atoms. The van der Waals surface area contributed by atoms with Crippen molar-refractivity contribution in [1.82, 2.24) is 14.9 Å². The van der Waals surface area contributed by atoms with Crippen molar-refractivity contribution in [2.24, 2.45) is 0 Å². The van der Waals surface area contributed by atoms with Crippen LogP contribution in [0.25, 0.3) is 0 Å². The van der Waals surface area contributed by atoms with Gasteiger partial charge in [0.05, 0.1) is 0 Å². The summed E-state index contributed by atoms with van der Waals surface area (Å²) in [5.41, 5.74) is 2.83. The molecule has 8 heteroatoms. The van der Waals surface area contributed by atoms with Gasteiger partial charge in [0.15, 0.2) is 0 Å². The van der Waals surface area contributed by atoms with Crippen molar-refractivity contribution >= 4 is 29.1 Å². The first-order valence-corrected chi connectivity index (χ1v) is 9.28. The van der Waals surface area contributed by atoms with Crippen LogP contribution in [0, 0.1) is 6.92 Å². The zero-order valence-corrected chi connectivity index (χ0v) is 16.8. The van der Waals surface area contributed by atoms with Gasteiger partial charge in [0.25, 0.3) is 5.91 Å². The first kappa shape index (κ1) is 19.6. The lowest BCUT2D eigenvalue weighted by Gasteiger charge is -2.34. The lowest BCUT2D eigenvalue weighted by molar-refractivity contribution is -0.129. The van der Waals surface area contributed by atoms with E-state index in [1.807, 2.05) is 55.1 Å². The van der Waals surface area contributed by atoms with E-state index in [0.29, 0.717) is 43.5 Å². The van der Waals surface area contributed by atoms with Gasteiger partial charge in [-0.05, 0) is 37.3 Å². The Bertz CT molecular complexity index is 857. The van der Waals surface area contributed by atoms with Crippen molar-refractivity contribution < 1.29 is 9.59 Å². The second kappa shape index (κ2) is 8.24. The van der Waals surface area contributed by atoms with Crippen LogP contribution < -0.4 is 15.1 Å². The highest BCUT2D eigenvalue weighted by molar-refractivity contribution is 6.03. The van der Waals surface area contributed by atoms with Crippen LogP contribution in [-0.2, 0) is 4.79 Å². The van der Waals surface area contributed by atoms with E-state index in [4.69, 9.17) is 0 Å². The minimum absolute atomic E-state index is 0.0742. The molecular formula is C20H26N6O2. The Morgan fingerprint density at radius 1 is 1.04 bits per heavy atom. The monoisotopic (exact) mass is 382 g/mol. The van der Waals surface area contributed by atoms with Gasteiger partial charge in [-0.3, -0.25) is 9.59 Å². The van der Waals surface area contributed by atoms with Crippen LogP contribution in [0.15, 0.2) is 30.3 Å². The van der Waals surface area contributed by atoms with E-state index in [9.17, 15) is 9.59 Å². The Labute approximate surface area is 165 Å². The molecule has 148 valence electrons. The largest absolute Gasteiger partial charge is 0.378 e. The van der Waals surface area contributed by atoms with Crippen molar-refractivity contribution in [3.8, 4) is 0 Å². The fraction of sp³-hybridized carbons (Fsp3) is 0.400. The van der Waals surface area contributed by atoms with Crippen LogP contribution in [0.5, 0.6) is 0 Å². The Hall–Kier alpha value is -3.16. The molecule has 0 bridgehead atoms. The van der Waals surface area contributed by atoms with Crippen molar-refractivity contribution in [3.63, 3.8) is 0 Å². The third-order valence-electron chi connectivity index (χ3n) is 4.72. The number of carbonyl (C=O) groups is 2. The minimum Gasteiger partial charge on any atom is -0.378 e. The molecule has 0 aliphatic carbocycles. The molecule has 8 nitrogen and oxygen atoms in total. The Morgan fingerprint density at radius 3 is 2.25 bits per heavy atom. The van der Waals surface area contributed by atoms with Gasteiger partial charge in [0, 0.05) is 64.3 Å². The first-order chi connectivity index (χ1) is 13.3. The zero-order chi connectivity index (χ0) is 20.3. The fourth-order valence-electron chi connectivity index (χ4n) is 3.07. The third-order valence-corrected chi connectivity index (χ3v) is 4.72. The summed E-state index contributed by atoms with van der Waals surface area (Å²) in [6.07, 6.45) is 0. The molecular weight excluding hydrogens is 356 g/mol. The van der Waals surface area contributed by atoms with Gasteiger partial charge < -0.3 is 20.0 Å². The molecule has 0 radical (unpaired) electrons. The number of aromatic nitrogens is 2. The van der Waals surface area contributed by atoms with E-state index in [0.717, 1.165) is 11.4 Å². The molecule has 2 aromatic rings. The number of nitrogens with zero attached hydrogens (tertiary/aromatic N) is 5. The minimum atomic E-state index is -0.272. The van der Waals surface area contributed by atoms with Gasteiger partial charge in [-0.2, -0.15) is 0 Å². The smallest absolute Gasteiger partial charge is 0.274 e. The van der Waals surface area contributed by atoms with Gasteiger partial charge in [-0.15, -0.1) is 0 Å². The van der Waals surface area contributed by atoms with E-state index in [2.05, 4.69) is 15.3 Å². The second-order valence-electron chi connectivity index (χ2n) is 7.08. The molecule has 2 amide bonds. The van der Waals surface area contributed by atoms with E-state index < -0.39 is 0 Å². The molecule has 1 fully saturated rings. The molecule has 1 aliphatic heterocycles. The number of amides is 2. The first-order valence-electron chi connectivity index (χ1n) is 9.28. The lowest BCUT2D eigenvalue weighted by atomic mass is 10.2. The predicted molar refractivity (Wildman–Crippen MR) is 110 cm³/mol. The normalized spacial score (nSPS) is 14.0. The van der Waals surface area contributed by atoms with Crippen LogP contribution in [0.2, 0.25) is 0 Å². The highest BCUT2D eigenvalue weighted by atomic mass is 16.2. The summed E-state index contributed by atoms with van der Waals surface area (Å²) in [4.78, 5) is 38.9. The van der Waals surface area contributed by atoms with Gasteiger partial charge in [0.1, 0.15) is 5.69 Å². The van der Waals surface area contributed by atoms with Crippen molar-refractivity contribution in [2.45, 2.75) is 13.8 Å². The van der Waals surface area contributed by atoms with E-state index in [1.54, 1.807) is 17.9 Å². The summed E-state index contributed by atoms with van der Waals surface area (Å²) >= 11 is 0. The number of hydrogen-bond acceptors (Lipinski definition) is 6. The van der Waals surface area contributed by atoms with Crippen molar-refractivity contribution in [1.29, 1.82) is 0 Å². The molecule has 1 aliphatic rings. The molecule has 0 spiro atoms. The summed E-state index contributed by atoms with van der Waals surface area (Å²) in [5, 5.41) is 2.88. The van der Waals surface area contributed by atoms with Gasteiger partial charge in [-0.25, -0.2) is 9.97 Å². The summed E-state index contributed by atoms with van der Waals surface area (Å²) in [6, 6.07) is 9.30. The van der Waals surface area contributed by atoms with Crippen LogP contribution in [-0.4, -0.2) is 67.0 Å². The lowest BCUT2D eigenvalue weighted by Crippen LogP contribution is -2.48. The number of aryl methyl sites for hydroxylation is 1. The quantitative estimate of drug-likeness (QED) is 0.868. The second-order valence-corrected chi connectivity index (χ2v) is 7.08. The Balaban J connectivity index is 1.72. The van der Waals surface area contributed by atoms with Crippen LogP contribution >= 0.6 is 0 Å². The van der Waals surface area contributed by atoms with Gasteiger partial charge >= 0.3 is 0 Å². The summed E-state index contributed by atoms with van der Waals surface area (Å²) < 4.78 is 0. The molecule has 1 aromatic carbocycles. The number of hydrogen-bond donors (Lipinski definition) is 1. The molecule has 1 aromatic heterocycles. The summed E-state index contributed by atoms with van der Waals surface area (Å²) in [6.45, 7) is 5.98. The maximum atomic E-state index is 12.7. The van der Waals surface area contributed by atoms with Gasteiger partial charge in [0.2, 0.25) is 11.9 Å². The molecule has 3 rings (SSSR count). The zero-order valence-electron chi connectivity index (χ0n) is 16.8. The fourth-order valence-corrected chi connectivity index (χ4v) is 3.07. The Kier molecular flexibility index (Phi) is 5.77. The highest BCUT2D eigenvalue weighted by Gasteiger charge is 2.22. The summed E-state index contributed by atoms with van der Waals surface area (Å²) in [5.74, 6) is 0.327. The average molecular weight is 382 g/mol. The standard InChI is InChI=1S/C20H26N6O2/c1-14-13-18(19(28)22-16-5-7-17(8-6-16)24(3)4)23-20(21-14)26-11-9-25(10-12-26)15(2)27/h5-8,13H,9-12H2,1-4H3,(H,22,28). The number of carbonyl (C=O) groups excluding carboxylic acids is 2. The highest BCUT2D eigenvalue weighted by Crippen LogP contribution is 2.18. The number of nitrogens with one attached hydrogen (secondary N) is 1. The predicted octanol–water partition coefficient (Wildman–Crippen LogP) is 1.77. The number of benzene rings is 1. The maximum Gasteiger partial charge on any atom is 0.274 e. The van der Waals surface area contributed by atoms with E-state index in [1.165, 1.54) is 0 Å². The Morgan fingerprint density at radius 2 is 1.68 bits per heavy atom. The van der Waals surface area contributed by atoms with Crippen LogP contribution in [0.1, 0.15) is 23.1 Å². The van der Waals surface area contributed by atoms with Gasteiger partial charge in [-0.1, -0.05) is 0 Å². The van der Waals surface area contributed by atoms with Crippen LogP contribution in [0.4, 0.5) is 17.3 Å². The third kappa shape index (κ3) is 4.57. The van der Waals surface area contributed by atoms with E-state index >= 15 is 0 Å². The summed E-state index contributed by atoms with van der Waals surface area (Å²) in [7, 11) is 3.93. The number of anilines is 3. The SMILES string of the molecule is CC(=O)N1CCN(c2nc(C)cc(C(=O)Nc3ccc(N(C)C)cc3)n2)CC1. The molecule has 0 atom stereocenters. The molecule has 1 N–H and O–H groups in total. The average Bonchev–Trinajstić information content (AvgIpc) is 2.68. The van der Waals surface area contributed by atoms with Crippen molar-refractivity contribution in [3.05, 3.63) is 41.7 Å². The number of rotatable bonds is 4. The molecule has 0 saturated carbocycles.